The second-order valence-corrected chi connectivity index (χ2v) is 14.0. The first-order valence-corrected chi connectivity index (χ1v) is 17.1. The normalized spacial score (nSPS) is 16.8. The topological polar surface area (TPSA) is 121 Å². The lowest BCUT2D eigenvalue weighted by Gasteiger charge is -2.28. The fourth-order valence-electron chi connectivity index (χ4n) is 5.16. The maximum absolute atomic E-state index is 13.0. The SMILES string of the molecule is O=C(Nc1ccc(N2CCOCC2)cc1)c1cccc(-c2csc(C(=O)Nc3ccc(CN4CCS(=O)(=O)CC4)cc3)n2)c1. The standard InChI is InChI=1S/C32H33N5O5S2/c38-30(33-27-8-10-28(11-9-27)37-12-16-42-17-13-37)25-3-1-2-24(20-25)29-22-43-32(35-29)31(39)34-26-6-4-23(5-7-26)21-36-14-18-44(40,41)19-15-36/h1-11,20,22H,12-19,21H2,(H,33,38)(H,34,39). The Kier molecular flexibility index (Phi) is 9.03. The molecule has 2 aliphatic heterocycles. The molecule has 0 bridgehead atoms. The van der Waals surface area contributed by atoms with Crippen molar-refractivity contribution in [2.45, 2.75) is 6.54 Å². The molecule has 228 valence electrons. The zero-order chi connectivity index (χ0) is 30.5. The van der Waals surface area contributed by atoms with Gasteiger partial charge in [-0.1, -0.05) is 24.3 Å². The van der Waals surface area contributed by atoms with Gasteiger partial charge in [-0.25, -0.2) is 13.4 Å². The van der Waals surface area contributed by atoms with E-state index in [-0.39, 0.29) is 23.3 Å². The summed E-state index contributed by atoms with van der Waals surface area (Å²) < 4.78 is 28.7. The molecule has 2 N–H and O–H groups in total. The first-order chi connectivity index (χ1) is 21.3. The molecule has 2 fully saturated rings. The molecule has 1 aromatic heterocycles. The lowest BCUT2D eigenvalue weighted by atomic mass is 10.1. The molecule has 0 unspecified atom stereocenters. The van der Waals surface area contributed by atoms with Crippen LogP contribution < -0.4 is 15.5 Å². The maximum Gasteiger partial charge on any atom is 0.284 e. The second kappa shape index (κ2) is 13.3. The van der Waals surface area contributed by atoms with Crippen LogP contribution in [0.1, 0.15) is 25.7 Å². The number of thiazole rings is 1. The number of nitrogens with zero attached hydrogens (tertiary/aromatic N) is 3. The minimum atomic E-state index is -2.91. The van der Waals surface area contributed by atoms with Gasteiger partial charge in [-0.15, -0.1) is 11.3 Å². The number of amides is 2. The van der Waals surface area contributed by atoms with Crippen molar-refractivity contribution in [3.8, 4) is 11.3 Å². The first-order valence-electron chi connectivity index (χ1n) is 14.4. The van der Waals surface area contributed by atoms with E-state index in [2.05, 4.69) is 25.4 Å². The highest BCUT2D eigenvalue weighted by molar-refractivity contribution is 7.91. The van der Waals surface area contributed by atoms with Gasteiger partial charge in [0.25, 0.3) is 11.8 Å². The highest BCUT2D eigenvalue weighted by Gasteiger charge is 2.21. The Labute approximate surface area is 260 Å². The summed E-state index contributed by atoms with van der Waals surface area (Å²) in [7, 11) is -2.91. The molecule has 2 saturated heterocycles. The van der Waals surface area contributed by atoms with Gasteiger partial charge in [0.1, 0.15) is 0 Å². The van der Waals surface area contributed by atoms with Crippen molar-refractivity contribution in [1.29, 1.82) is 0 Å². The third-order valence-corrected chi connectivity index (χ3v) is 10.1. The van der Waals surface area contributed by atoms with Gasteiger partial charge in [0.2, 0.25) is 0 Å². The summed E-state index contributed by atoms with van der Waals surface area (Å²) in [4.78, 5) is 34.8. The highest BCUT2D eigenvalue weighted by Crippen LogP contribution is 2.25. The monoisotopic (exact) mass is 631 g/mol. The number of hydrogen-bond acceptors (Lipinski definition) is 9. The van der Waals surface area contributed by atoms with Crippen molar-refractivity contribution in [1.82, 2.24) is 9.88 Å². The van der Waals surface area contributed by atoms with Gasteiger partial charge in [-0.05, 0) is 54.1 Å². The van der Waals surface area contributed by atoms with Crippen molar-refractivity contribution in [3.05, 3.63) is 94.3 Å². The first kappa shape index (κ1) is 29.9. The van der Waals surface area contributed by atoms with Gasteiger partial charge in [-0.2, -0.15) is 0 Å². The Morgan fingerprint density at radius 3 is 2.20 bits per heavy atom. The van der Waals surface area contributed by atoms with Crippen LogP contribution in [0.25, 0.3) is 11.3 Å². The number of anilines is 3. The lowest BCUT2D eigenvalue weighted by Crippen LogP contribution is -2.39. The van der Waals surface area contributed by atoms with Crippen LogP contribution in [0.3, 0.4) is 0 Å². The number of sulfone groups is 1. The zero-order valence-corrected chi connectivity index (χ0v) is 25.7. The lowest BCUT2D eigenvalue weighted by molar-refractivity contribution is 0.101. The number of ether oxygens (including phenoxy) is 1. The third kappa shape index (κ3) is 7.51. The number of benzene rings is 3. The average Bonchev–Trinajstić information content (AvgIpc) is 3.55. The third-order valence-electron chi connectivity index (χ3n) is 7.68. The molecule has 2 aliphatic rings. The van der Waals surface area contributed by atoms with E-state index in [0.717, 1.165) is 29.9 Å². The van der Waals surface area contributed by atoms with E-state index in [1.807, 2.05) is 54.6 Å². The summed E-state index contributed by atoms with van der Waals surface area (Å²) in [6.07, 6.45) is 0. The minimum absolute atomic E-state index is 0.193. The number of rotatable bonds is 8. The van der Waals surface area contributed by atoms with E-state index in [0.29, 0.717) is 60.5 Å². The fourth-order valence-corrected chi connectivity index (χ4v) is 7.15. The molecule has 3 aromatic carbocycles. The van der Waals surface area contributed by atoms with Crippen molar-refractivity contribution >= 4 is 50.1 Å². The van der Waals surface area contributed by atoms with Gasteiger partial charge in [0.15, 0.2) is 14.8 Å². The van der Waals surface area contributed by atoms with E-state index in [1.54, 1.807) is 23.6 Å². The number of hydrogen-bond donors (Lipinski definition) is 2. The Balaban J connectivity index is 1.04. The number of aromatic nitrogens is 1. The van der Waals surface area contributed by atoms with Gasteiger partial charge in [-0.3, -0.25) is 14.5 Å². The molecule has 44 heavy (non-hydrogen) atoms. The molecule has 10 nitrogen and oxygen atoms in total. The predicted molar refractivity (Wildman–Crippen MR) is 173 cm³/mol. The zero-order valence-electron chi connectivity index (χ0n) is 24.1. The van der Waals surface area contributed by atoms with Crippen LogP contribution in [0.5, 0.6) is 0 Å². The average molecular weight is 632 g/mol. The van der Waals surface area contributed by atoms with E-state index >= 15 is 0 Å². The second-order valence-electron chi connectivity index (χ2n) is 10.8. The molecule has 2 amide bonds. The molecular formula is C32H33N5O5S2. The Hall–Kier alpha value is -4.10. The number of carbonyl (C=O) groups excluding carboxylic acids is 2. The number of carbonyl (C=O) groups is 2. The molecular weight excluding hydrogens is 599 g/mol. The van der Waals surface area contributed by atoms with E-state index in [4.69, 9.17) is 4.74 Å². The largest absolute Gasteiger partial charge is 0.378 e. The van der Waals surface area contributed by atoms with E-state index in [1.165, 1.54) is 11.3 Å². The summed E-state index contributed by atoms with van der Waals surface area (Å²) in [6.45, 7) is 4.86. The van der Waals surface area contributed by atoms with Crippen LogP contribution in [0, 0.1) is 0 Å². The number of morpholine rings is 1. The van der Waals surface area contributed by atoms with Crippen LogP contribution in [0.15, 0.2) is 78.2 Å². The van der Waals surface area contributed by atoms with Crippen molar-refractivity contribution in [2.75, 3.05) is 66.4 Å². The molecule has 12 heteroatoms. The Morgan fingerprint density at radius 1 is 0.841 bits per heavy atom. The van der Waals surface area contributed by atoms with Crippen LogP contribution in [-0.4, -0.2) is 81.0 Å². The van der Waals surface area contributed by atoms with Gasteiger partial charge < -0.3 is 20.3 Å². The highest BCUT2D eigenvalue weighted by atomic mass is 32.2. The quantitative estimate of drug-likeness (QED) is 0.294. The number of nitrogens with one attached hydrogen (secondary N) is 2. The fraction of sp³-hybridized carbons (Fsp3) is 0.281. The summed E-state index contributed by atoms with van der Waals surface area (Å²) in [6, 6.07) is 22.5. The summed E-state index contributed by atoms with van der Waals surface area (Å²) in [5.74, 6) is -0.157. The molecule has 4 aromatic rings. The van der Waals surface area contributed by atoms with Crippen molar-refractivity contribution in [3.63, 3.8) is 0 Å². The van der Waals surface area contributed by atoms with E-state index in [9.17, 15) is 18.0 Å². The summed E-state index contributed by atoms with van der Waals surface area (Å²) in [5.41, 5.74) is 5.35. The molecule has 0 radical (unpaired) electrons. The molecule has 3 heterocycles. The Bertz CT molecular complexity index is 1720. The molecule has 0 aliphatic carbocycles. The van der Waals surface area contributed by atoms with Crippen LogP contribution in [0.2, 0.25) is 0 Å². The minimum Gasteiger partial charge on any atom is -0.378 e. The van der Waals surface area contributed by atoms with Gasteiger partial charge in [0.05, 0.1) is 30.4 Å². The van der Waals surface area contributed by atoms with Crippen molar-refractivity contribution in [2.24, 2.45) is 0 Å². The van der Waals surface area contributed by atoms with E-state index < -0.39 is 9.84 Å². The summed E-state index contributed by atoms with van der Waals surface area (Å²) >= 11 is 1.24. The molecule has 6 rings (SSSR count). The maximum atomic E-state index is 13.0. The Morgan fingerprint density at radius 2 is 1.50 bits per heavy atom. The molecule has 0 atom stereocenters. The summed E-state index contributed by atoms with van der Waals surface area (Å²) in [5, 5.41) is 7.96. The molecule has 0 spiro atoms. The smallest absolute Gasteiger partial charge is 0.284 e. The van der Waals surface area contributed by atoms with Gasteiger partial charge in [0, 0.05) is 66.3 Å². The van der Waals surface area contributed by atoms with Gasteiger partial charge >= 0.3 is 0 Å². The van der Waals surface area contributed by atoms with Crippen LogP contribution in [0.4, 0.5) is 17.1 Å². The molecule has 0 saturated carbocycles. The van der Waals surface area contributed by atoms with Crippen LogP contribution in [-0.2, 0) is 21.1 Å². The van der Waals surface area contributed by atoms with Crippen molar-refractivity contribution < 1.29 is 22.7 Å². The van der Waals surface area contributed by atoms with Crippen LogP contribution >= 0.6 is 11.3 Å². The predicted octanol–water partition coefficient (Wildman–Crippen LogP) is 4.38.